The maximum absolute atomic E-state index is 6.19. The molecular formula is C21H22N2OS2. The van der Waals surface area contributed by atoms with Crippen LogP contribution in [0.2, 0.25) is 0 Å². The minimum absolute atomic E-state index is 0.666. The number of furan rings is 1. The van der Waals surface area contributed by atoms with Gasteiger partial charge in [0, 0.05) is 17.7 Å². The summed E-state index contributed by atoms with van der Waals surface area (Å²) in [6, 6.07) is 10.4. The van der Waals surface area contributed by atoms with E-state index in [-0.39, 0.29) is 0 Å². The second kappa shape index (κ2) is 7.41. The van der Waals surface area contributed by atoms with Gasteiger partial charge in [-0.2, -0.15) is 0 Å². The molecule has 0 fully saturated rings. The Morgan fingerprint density at radius 1 is 1.38 bits per heavy atom. The van der Waals surface area contributed by atoms with Gasteiger partial charge >= 0.3 is 0 Å². The molecule has 5 heteroatoms. The standard InChI is InChI=1S/C21H22N2OS2/c1-3-11-26-21-22-18-16-12-14(2)9-10-17(16)24-19(18)20(25)23(21)13-15-7-5-4-6-8-15/h3-8,14H,1,9-13H2,2H3. The van der Waals surface area contributed by atoms with E-state index < -0.39 is 0 Å². The minimum atomic E-state index is 0.666. The highest BCUT2D eigenvalue weighted by Gasteiger charge is 2.25. The van der Waals surface area contributed by atoms with Gasteiger partial charge in [0.1, 0.15) is 11.3 Å². The Labute approximate surface area is 163 Å². The van der Waals surface area contributed by atoms with Gasteiger partial charge in [-0.25, -0.2) is 4.98 Å². The van der Waals surface area contributed by atoms with Crippen LogP contribution in [0.5, 0.6) is 0 Å². The maximum atomic E-state index is 6.19. The van der Waals surface area contributed by atoms with E-state index in [0.29, 0.717) is 12.5 Å². The fourth-order valence-electron chi connectivity index (χ4n) is 3.52. The van der Waals surface area contributed by atoms with Gasteiger partial charge in [-0.3, -0.25) is 0 Å². The third kappa shape index (κ3) is 3.26. The SMILES string of the molecule is C=CCSc1nc2c3c(oc2c(=S)n1Cc1ccccc1)CCC(C)C3. The number of hydrogen-bond donors (Lipinski definition) is 0. The lowest BCUT2D eigenvalue weighted by Crippen LogP contribution is -2.11. The van der Waals surface area contributed by atoms with Crippen LogP contribution in [0.1, 0.15) is 30.2 Å². The van der Waals surface area contributed by atoms with Crippen molar-refractivity contribution in [2.24, 2.45) is 5.92 Å². The number of aryl methyl sites for hydroxylation is 1. The summed E-state index contributed by atoms with van der Waals surface area (Å²) in [6.45, 7) is 6.83. The van der Waals surface area contributed by atoms with Crippen LogP contribution in [0.25, 0.3) is 11.1 Å². The lowest BCUT2D eigenvalue weighted by molar-refractivity contribution is 0.437. The molecule has 3 aromatic rings. The number of nitrogens with zero attached hydrogens (tertiary/aromatic N) is 2. The van der Waals surface area contributed by atoms with Crippen molar-refractivity contribution in [3.8, 4) is 0 Å². The second-order valence-electron chi connectivity index (χ2n) is 6.90. The lowest BCUT2D eigenvalue weighted by atomic mass is 9.89. The van der Waals surface area contributed by atoms with Crippen LogP contribution in [0.4, 0.5) is 0 Å². The molecule has 1 atom stereocenters. The number of hydrogen-bond acceptors (Lipinski definition) is 4. The van der Waals surface area contributed by atoms with Crippen molar-refractivity contribution in [3.05, 3.63) is 64.5 Å². The third-order valence-corrected chi connectivity index (χ3v) is 6.25. The maximum Gasteiger partial charge on any atom is 0.187 e. The molecule has 1 unspecified atom stereocenters. The highest BCUT2D eigenvalue weighted by molar-refractivity contribution is 7.99. The van der Waals surface area contributed by atoms with E-state index in [4.69, 9.17) is 21.6 Å². The van der Waals surface area contributed by atoms with Gasteiger partial charge in [0.15, 0.2) is 15.4 Å². The van der Waals surface area contributed by atoms with Gasteiger partial charge in [-0.05, 0) is 24.3 Å². The van der Waals surface area contributed by atoms with Crippen LogP contribution in [-0.2, 0) is 19.4 Å². The van der Waals surface area contributed by atoms with Gasteiger partial charge in [0.05, 0.1) is 6.54 Å². The van der Waals surface area contributed by atoms with Crippen molar-refractivity contribution in [2.75, 3.05) is 5.75 Å². The fraction of sp³-hybridized carbons (Fsp3) is 0.333. The van der Waals surface area contributed by atoms with E-state index in [1.54, 1.807) is 11.8 Å². The first-order valence-electron chi connectivity index (χ1n) is 9.00. The lowest BCUT2D eigenvalue weighted by Gasteiger charge is -2.16. The molecule has 1 aromatic carbocycles. The quantitative estimate of drug-likeness (QED) is 0.241. The Hall–Kier alpha value is -1.85. The molecule has 0 N–H and O–H groups in total. The number of thioether (sulfide) groups is 1. The third-order valence-electron chi connectivity index (χ3n) is 4.87. The second-order valence-corrected chi connectivity index (χ2v) is 8.27. The molecule has 4 rings (SSSR count). The van der Waals surface area contributed by atoms with Crippen LogP contribution in [0.15, 0.2) is 52.6 Å². The summed E-state index contributed by atoms with van der Waals surface area (Å²) in [6.07, 6.45) is 5.08. The monoisotopic (exact) mass is 382 g/mol. The van der Waals surface area contributed by atoms with E-state index in [0.717, 1.165) is 45.3 Å². The largest absolute Gasteiger partial charge is 0.456 e. The van der Waals surface area contributed by atoms with Crippen molar-refractivity contribution < 1.29 is 4.42 Å². The van der Waals surface area contributed by atoms with E-state index in [2.05, 4.69) is 42.3 Å². The molecule has 3 nitrogen and oxygen atoms in total. The van der Waals surface area contributed by atoms with Crippen LogP contribution < -0.4 is 0 Å². The molecule has 0 radical (unpaired) electrons. The van der Waals surface area contributed by atoms with E-state index in [1.165, 1.54) is 17.5 Å². The van der Waals surface area contributed by atoms with E-state index >= 15 is 0 Å². The Balaban J connectivity index is 1.87. The average Bonchev–Trinajstić information content (AvgIpc) is 3.01. The summed E-state index contributed by atoms with van der Waals surface area (Å²) < 4.78 is 9.03. The average molecular weight is 383 g/mol. The Morgan fingerprint density at radius 3 is 2.96 bits per heavy atom. The summed E-state index contributed by atoms with van der Waals surface area (Å²) in [5.41, 5.74) is 4.21. The first-order chi connectivity index (χ1) is 12.7. The van der Waals surface area contributed by atoms with Gasteiger partial charge in [0.25, 0.3) is 0 Å². The Morgan fingerprint density at radius 2 is 2.19 bits per heavy atom. The summed E-state index contributed by atoms with van der Waals surface area (Å²) in [7, 11) is 0. The zero-order valence-electron chi connectivity index (χ0n) is 14.9. The molecule has 1 aliphatic carbocycles. The Bertz CT molecular complexity index is 1000. The zero-order chi connectivity index (χ0) is 18.1. The van der Waals surface area contributed by atoms with Gasteiger partial charge < -0.3 is 8.98 Å². The molecule has 0 saturated heterocycles. The van der Waals surface area contributed by atoms with Crippen molar-refractivity contribution >= 4 is 35.1 Å². The van der Waals surface area contributed by atoms with Crippen molar-refractivity contribution in [3.63, 3.8) is 0 Å². The molecule has 0 saturated carbocycles. The van der Waals surface area contributed by atoms with Gasteiger partial charge in [-0.15, -0.1) is 6.58 Å². The van der Waals surface area contributed by atoms with Gasteiger partial charge in [-0.1, -0.05) is 67.3 Å². The zero-order valence-corrected chi connectivity index (χ0v) is 16.5. The smallest absolute Gasteiger partial charge is 0.187 e. The molecular weight excluding hydrogens is 360 g/mol. The molecule has 0 spiro atoms. The molecule has 0 aliphatic heterocycles. The number of fused-ring (bicyclic) bond motifs is 3. The molecule has 26 heavy (non-hydrogen) atoms. The minimum Gasteiger partial charge on any atom is -0.456 e. The van der Waals surface area contributed by atoms with E-state index in [1.807, 2.05) is 12.1 Å². The summed E-state index contributed by atoms with van der Waals surface area (Å²) in [5.74, 6) is 2.55. The van der Waals surface area contributed by atoms with Crippen LogP contribution >= 0.6 is 24.0 Å². The summed E-state index contributed by atoms with van der Waals surface area (Å²) >= 11 is 7.52. The summed E-state index contributed by atoms with van der Waals surface area (Å²) in [4.78, 5) is 5.00. The number of benzene rings is 1. The van der Waals surface area contributed by atoms with Gasteiger partial charge in [0.2, 0.25) is 0 Å². The fourth-order valence-corrected chi connectivity index (χ4v) is 4.60. The number of aromatic nitrogens is 2. The predicted octanol–water partition coefficient (Wildman–Crippen LogP) is 5.81. The van der Waals surface area contributed by atoms with Crippen LogP contribution in [-0.4, -0.2) is 15.3 Å². The van der Waals surface area contributed by atoms with Crippen molar-refractivity contribution in [2.45, 2.75) is 37.9 Å². The first kappa shape index (κ1) is 17.6. The Kier molecular flexibility index (Phi) is 5.00. The normalized spacial score (nSPS) is 16.6. The molecule has 2 heterocycles. The molecule has 2 aromatic heterocycles. The highest BCUT2D eigenvalue weighted by Crippen LogP contribution is 2.35. The first-order valence-corrected chi connectivity index (χ1v) is 10.4. The highest BCUT2D eigenvalue weighted by atomic mass is 32.2. The van der Waals surface area contributed by atoms with Crippen molar-refractivity contribution in [1.82, 2.24) is 9.55 Å². The van der Waals surface area contributed by atoms with Crippen LogP contribution in [0, 0.1) is 10.6 Å². The van der Waals surface area contributed by atoms with Crippen LogP contribution in [0.3, 0.4) is 0 Å². The summed E-state index contributed by atoms with van der Waals surface area (Å²) in [5, 5.41) is 0.938. The number of rotatable bonds is 5. The molecule has 0 amide bonds. The van der Waals surface area contributed by atoms with Crippen molar-refractivity contribution in [1.29, 1.82) is 0 Å². The predicted molar refractivity (Wildman–Crippen MR) is 110 cm³/mol. The molecule has 0 bridgehead atoms. The molecule has 134 valence electrons. The topological polar surface area (TPSA) is 31.0 Å². The molecule has 1 aliphatic rings. The van der Waals surface area contributed by atoms with E-state index in [9.17, 15) is 0 Å².